The molecule has 1 N–H and O–H groups in total. The lowest BCUT2D eigenvalue weighted by molar-refractivity contribution is -0.152. The predicted molar refractivity (Wildman–Crippen MR) is 74.5 cm³/mol. The number of amides is 1. The Balaban J connectivity index is 2.03. The largest absolute Gasteiger partial charge is 0.478 e. The number of halogens is 1. The maximum atomic E-state index is 13.5. The molecule has 1 aliphatic rings. The first-order valence-electron chi connectivity index (χ1n) is 6.97. The molecular formula is C15H20FNO4. The molecule has 0 aliphatic carbocycles. The van der Waals surface area contributed by atoms with Gasteiger partial charge in [0.2, 0.25) is 0 Å². The number of morpholine rings is 1. The molecule has 2 rings (SSSR count). The zero-order valence-corrected chi connectivity index (χ0v) is 12.2. The minimum atomic E-state index is -0.804. The molecule has 3 unspecified atom stereocenters. The van der Waals surface area contributed by atoms with Crippen LogP contribution in [-0.4, -0.2) is 53.9 Å². The number of rotatable bonds is 4. The van der Waals surface area contributed by atoms with Crippen LogP contribution in [0.4, 0.5) is 4.39 Å². The van der Waals surface area contributed by atoms with E-state index in [0.29, 0.717) is 13.2 Å². The van der Waals surface area contributed by atoms with Crippen molar-refractivity contribution in [2.24, 2.45) is 0 Å². The molecule has 0 spiro atoms. The van der Waals surface area contributed by atoms with Gasteiger partial charge in [0.15, 0.2) is 17.7 Å². The summed E-state index contributed by atoms with van der Waals surface area (Å²) in [5.41, 5.74) is 0. The van der Waals surface area contributed by atoms with Crippen molar-refractivity contribution in [3.05, 3.63) is 30.1 Å². The summed E-state index contributed by atoms with van der Waals surface area (Å²) < 4.78 is 24.3. The molecule has 1 aliphatic heterocycles. The molecule has 1 amide bonds. The first-order chi connectivity index (χ1) is 10.0. The van der Waals surface area contributed by atoms with Gasteiger partial charge in [0, 0.05) is 6.54 Å². The highest BCUT2D eigenvalue weighted by Gasteiger charge is 2.32. The van der Waals surface area contributed by atoms with Gasteiger partial charge in [0.05, 0.1) is 25.4 Å². The average Bonchev–Trinajstić information content (AvgIpc) is 2.49. The van der Waals surface area contributed by atoms with Crippen molar-refractivity contribution in [2.75, 3.05) is 19.8 Å². The van der Waals surface area contributed by atoms with Gasteiger partial charge < -0.3 is 19.5 Å². The minimum Gasteiger partial charge on any atom is -0.478 e. The van der Waals surface area contributed by atoms with E-state index in [0.717, 1.165) is 0 Å². The fourth-order valence-electron chi connectivity index (χ4n) is 2.25. The lowest BCUT2D eigenvalue weighted by Crippen LogP contribution is -2.55. The van der Waals surface area contributed by atoms with Gasteiger partial charge >= 0.3 is 0 Å². The molecule has 1 aromatic carbocycles. The number of aliphatic hydroxyl groups is 1. The van der Waals surface area contributed by atoms with Crippen LogP contribution in [0.15, 0.2) is 24.3 Å². The summed E-state index contributed by atoms with van der Waals surface area (Å²) in [4.78, 5) is 14.0. The van der Waals surface area contributed by atoms with Gasteiger partial charge in [0.1, 0.15) is 0 Å². The fraction of sp³-hybridized carbons (Fsp3) is 0.533. The van der Waals surface area contributed by atoms with Crippen LogP contribution in [0.1, 0.15) is 13.8 Å². The third-order valence-corrected chi connectivity index (χ3v) is 3.48. The third kappa shape index (κ3) is 3.71. The highest BCUT2D eigenvalue weighted by Crippen LogP contribution is 2.19. The molecule has 1 heterocycles. The lowest BCUT2D eigenvalue weighted by atomic mass is 10.1. The van der Waals surface area contributed by atoms with Crippen LogP contribution in [0.2, 0.25) is 0 Å². The Kier molecular flexibility index (Phi) is 5.14. The number of carbonyl (C=O) groups excluding carboxylic acids is 1. The van der Waals surface area contributed by atoms with Crippen LogP contribution in [0, 0.1) is 5.82 Å². The van der Waals surface area contributed by atoms with E-state index in [-0.39, 0.29) is 30.4 Å². The third-order valence-electron chi connectivity index (χ3n) is 3.48. The van der Waals surface area contributed by atoms with Gasteiger partial charge in [-0.2, -0.15) is 0 Å². The summed E-state index contributed by atoms with van der Waals surface area (Å²) >= 11 is 0. The molecule has 1 aromatic rings. The van der Waals surface area contributed by atoms with E-state index in [1.54, 1.807) is 24.0 Å². The molecule has 116 valence electrons. The quantitative estimate of drug-likeness (QED) is 0.907. The van der Waals surface area contributed by atoms with Gasteiger partial charge in [0.25, 0.3) is 5.91 Å². The SMILES string of the molecule is CC(Oc1ccccc1F)C(=O)N1CC(CO)OCC1C. The van der Waals surface area contributed by atoms with Crippen LogP contribution < -0.4 is 4.74 Å². The smallest absolute Gasteiger partial charge is 0.263 e. The number of nitrogens with zero attached hydrogens (tertiary/aromatic N) is 1. The number of aliphatic hydroxyl groups excluding tert-OH is 1. The van der Waals surface area contributed by atoms with Crippen molar-refractivity contribution in [1.82, 2.24) is 4.90 Å². The Bertz CT molecular complexity index is 496. The fourth-order valence-corrected chi connectivity index (χ4v) is 2.25. The van der Waals surface area contributed by atoms with Crippen molar-refractivity contribution < 1.29 is 23.8 Å². The van der Waals surface area contributed by atoms with E-state index in [9.17, 15) is 9.18 Å². The van der Waals surface area contributed by atoms with Gasteiger partial charge in [-0.25, -0.2) is 4.39 Å². The number of benzene rings is 1. The molecule has 21 heavy (non-hydrogen) atoms. The predicted octanol–water partition coefficient (Wildman–Crippen LogP) is 1.20. The number of ether oxygens (including phenoxy) is 2. The molecular weight excluding hydrogens is 277 g/mol. The Morgan fingerprint density at radius 3 is 2.95 bits per heavy atom. The van der Waals surface area contributed by atoms with Gasteiger partial charge in [-0.15, -0.1) is 0 Å². The first-order valence-corrected chi connectivity index (χ1v) is 6.97. The van der Waals surface area contributed by atoms with E-state index < -0.39 is 11.9 Å². The minimum absolute atomic E-state index is 0.0537. The highest BCUT2D eigenvalue weighted by atomic mass is 19.1. The second-order valence-electron chi connectivity index (χ2n) is 5.17. The zero-order chi connectivity index (χ0) is 15.4. The maximum Gasteiger partial charge on any atom is 0.263 e. The van der Waals surface area contributed by atoms with Crippen LogP contribution in [0.5, 0.6) is 5.75 Å². The zero-order valence-electron chi connectivity index (χ0n) is 12.2. The van der Waals surface area contributed by atoms with Crippen molar-refractivity contribution in [3.63, 3.8) is 0 Å². The average molecular weight is 297 g/mol. The van der Waals surface area contributed by atoms with Crippen molar-refractivity contribution in [3.8, 4) is 5.75 Å². The van der Waals surface area contributed by atoms with E-state index in [1.807, 2.05) is 6.92 Å². The summed E-state index contributed by atoms with van der Waals surface area (Å²) in [6, 6.07) is 5.87. The van der Waals surface area contributed by atoms with Crippen LogP contribution >= 0.6 is 0 Å². The number of hydrogen-bond donors (Lipinski definition) is 1. The summed E-state index contributed by atoms with van der Waals surface area (Å²) in [7, 11) is 0. The Morgan fingerprint density at radius 2 is 2.29 bits per heavy atom. The molecule has 1 fully saturated rings. The monoisotopic (exact) mass is 297 g/mol. The van der Waals surface area contributed by atoms with Gasteiger partial charge in [-0.1, -0.05) is 12.1 Å². The molecule has 6 heteroatoms. The van der Waals surface area contributed by atoms with Crippen molar-refractivity contribution >= 4 is 5.91 Å². The summed E-state index contributed by atoms with van der Waals surface area (Å²) in [6.07, 6.45) is -1.19. The van der Waals surface area contributed by atoms with Crippen molar-refractivity contribution in [2.45, 2.75) is 32.1 Å². The number of hydrogen-bond acceptors (Lipinski definition) is 4. The molecule has 0 bridgehead atoms. The first kappa shape index (κ1) is 15.7. The van der Waals surface area contributed by atoms with E-state index in [4.69, 9.17) is 14.6 Å². The molecule has 0 aromatic heterocycles. The van der Waals surface area contributed by atoms with E-state index in [2.05, 4.69) is 0 Å². The summed E-state index contributed by atoms with van der Waals surface area (Å²) in [5, 5.41) is 9.14. The Labute approximate surface area is 123 Å². The van der Waals surface area contributed by atoms with E-state index in [1.165, 1.54) is 12.1 Å². The Hall–Kier alpha value is -1.66. The summed E-state index contributed by atoms with van der Waals surface area (Å²) in [6.45, 7) is 3.98. The molecule has 3 atom stereocenters. The standard InChI is InChI=1S/C15H20FNO4/c1-10-9-20-12(8-18)7-17(10)15(19)11(2)21-14-6-4-3-5-13(14)16/h3-6,10-12,18H,7-9H2,1-2H3. The van der Waals surface area contributed by atoms with Gasteiger partial charge in [-0.3, -0.25) is 4.79 Å². The molecule has 0 radical (unpaired) electrons. The molecule has 1 saturated heterocycles. The van der Waals surface area contributed by atoms with Crippen LogP contribution in [0.25, 0.3) is 0 Å². The van der Waals surface area contributed by atoms with Crippen LogP contribution in [-0.2, 0) is 9.53 Å². The number of carbonyl (C=O) groups is 1. The highest BCUT2D eigenvalue weighted by molar-refractivity contribution is 5.81. The van der Waals surface area contributed by atoms with Crippen LogP contribution in [0.3, 0.4) is 0 Å². The molecule has 0 saturated carbocycles. The second kappa shape index (κ2) is 6.87. The molecule has 5 nitrogen and oxygen atoms in total. The van der Waals surface area contributed by atoms with E-state index >= 15 is 0 Å². The topological polar surface area (TPSA) is 59.0 Å². The normalized spacial score (nSPS) is 23.7. The Morgan fingerprint density at radius 1 is 1.57 bits per heavy atom. The summed E-state index contributed by atoms with van der Waals surface area (Å²) in [5.74, 6) is -0.689. The second-order valence-corrected chi connectivity index (χ2v) is 5.17. The van der Waals surface area contributed by atoms with Crippen molar-refractivity contribution in [1.29, 1.82) is 0 Å². The van der Waals surface area contributed by atoms with Gasteiger partial charge in [-0.05, 0) is 26.0 Å². The maximum absolute atomic E-state index is 13.5. The number of para-hydroxylation sites is 1. The lowest BCUT2D eigenvalue weighted by Gasteiger charge is -2.38.